The summed E-state index contributed by atoms with van der Waals surface area (Å²) in [5.41, 5.74) is 0. The van der Waals surface area contributed by atoms with Crippen LogP contribution in [0.25, 0.3) is 0 Å². The lowest BCUT2D eigenvalue weighted by Gasteiger charge is -1.61. The molecule has 0 fully saturated rings. The minimum Gasteiger partial charge on any atom is -0.388 e. The third-order valence-electron chi connectivity index (χ3n) is 0. The third kappa shape index (κ3) is 867. The fourth-order valence-corrected chi connectivity index (χ4v) is 0. The molecular weight excluding hydrogens is 114 g/mol. The smallest absolute Gasteiger partial charge is 0.0351 e. The van der Waals surface area contributed by atoms with Crippen molar-refractivity contribution in [3.63, 3.8) is 0 Å². The van der Waals surface area contributed by atoms with E-state index in [0.29, 0.717) is 0 Å². The zero-order valence-electron chi connectivity index (χ0n) is 4.52. The molecule has 0 aromatic rings. The largest absolute Gasteiger partial charge is 0.388 e. The van der Waals surface area contributed by atoms with Crippen molar-refractivity contribution in [2.24, 2.45) is 0 Å². The van der Waals surface area contributed by atoms with Crippen molar-refractivity contribution >= 4 is 18.3 Å². The molecule has 0 aliphatic rings. The molecule has 0 aliphatic heterocycles. The summed E-state index contributed by atoms with van der Waals surface area (Å²) >= 11 is 0. The van der Waals surface area contributed by atoms with Gasteiger partial charge in [-0.05, 0) is 12.4 Å². The van der Waals surface area contributed by atoms with Crippen LogP contribution in [0.4, 0.5) is 0 Å². The fourth-order valence-electron chi connectivity index (χ4n) is 0. The fraction of sp³-hybridized carbons (Fsp3) is 0.500. The SMILES string of the molecule is C=C=N.COC.Cl. The predicted octanol–water partition coefficient (Wildman–Crippen LogP) is 1.11. The summed E-state index contributed by atoms with van der Waals surface area (Å²) in [4.78, 5) is 0. The molecule has 0 atom stereocenters. The maximum Gasteiger partial charge on any atom is 0.0351 e. The molecule has 0 unspecified atom stereocenters. The number of ether oxygens (including phenoxy) is 1. The molecule has 0 rings (SSSR count). The van der Waals surface area contributed by atoms with E-state index in [1.54, 1.807) is 20.1 Å². The minimum atomic E-state index is 0. The average molecular weight is 124 g/mol. The maximum absolute atomic E-state index is 5.85. The van der Waals surface area contributed by atoms with E-state index < -0.39 is 0 Å². The first-order chi connectivity index (χ1) is 2.83. The summed E-state index contributed by atoms with van der Waals surface area (Å²) in [5.74, 6) is 1.75. The molecule has 0 saturated heterocycles. The molecule has 0 bridgehead atoms. The Morgan fingerprint density at radius 3 is 1.57 bits per heavy atom. The Hall–Kier alpha value is -0.300. The number of rotatable bonds is 0. The first-order valence-corrected chi connectivity index (χ1v) is 1.42. The average Bonchev–Trinajstić information content (AvgIpc) is 1.39. The van der Waals surface area contributed by atoms with Crippen LogP contribution in [0.2, 0.25) is 0 Å². The lowest BCUT2D eigenvalue weighted by atomic mass is 11.2. The summed E-state index contributed by atoms with van der Waals surface area (Å²) in [6, 6.07) is 0. The maximum atomic E-state index is 5.85. The van der Waals surface area contributed by atoms with Crippen LogP contribution in [0, 0.1) is 5.41 Å². The van der Waals surface area contributed by atoms with Gasteiger partial charge in [0.15, 0.2) is 0 Å². The number of nitrogens with one attached hydrogen (secondary N) is 1. The second kappa shape index (κ2) is 43.6. The van der Waals surface area contributed by atoms with E-state index >= 15 is 0 Å². The highest BCUT2D eigenvalue weighted by molar-refractivity contribution is 5.85. The minimum absolute atomic E-state index is 0. The molecule has 1 N–H and O–H groups in total. The van der Waals surface area contributed by atoms with Crippen molar-refractivity contribution in [1.82, 2.24) is 0 Å². The van der Waals surface area contributed by atoms with Gasteiger partial charge in [0.05, 0.1) is 0 Å². The summed E-state index contributed by atoms with van der Waals surface area (Å²) < 4.78 is 4.25. The van der Waals surface area contributed by atoms with Gasteiger partial charge in [-0.3, -0.25) is 5.41 Å². The molecule has 0 heterocycles. The van der Waals surface area contributed by atoms with Gasteiger partial charge in [0.1, 0.15) is 0 Å². The lowest BCUT2D eigenvalue weighted by Crippen LogP contribution is -1.55. The summed E-state index contributed by atoms with van der Waals surface area (Å²) in [7, 11) is 3.25. The number of hydrogen-bond acceptors (Lipinski definition) is 2. The zero-order chi connectivity index (χ0) is 5.41. The third-order valence-corrected chi connectivity index (χ3v) is 0. The lowest BCUT2D eigenvalue weighted by molar-refractivity contribution is 0.277. The standard InChI is InChI=1S/C2H3N.C2H6O.ClH/c1-2-3;1-3-2;/h3H,1H2;1-2H3;1H. The first kappa shape index (κ1) is 15.9. The number of hydrogen-bond donors (Lipinski definition) is 1. The quantitative estimate of drug-likeness (QED) is 0.481. The van der Waals surface area contributed by atoms with E-state index in [0.717, 1.165) is 0 Å². The first-order valence-electron chi connectivity index (χ1n) is 1.42. The Labute approximate surface area is 50.1 Å². The molecule has 0 aromatic carbocycles. The van der Waals surface area contributed by atoms with Gasteiger partial charge >= 0.3 is 0 Å². The van der Waals surface area contributed by atoms with Gasteiger partial charge in [0, 0.05) is 14.2 Å². The molecule has 2 nitrogen and oxygen atoms in total. The van der Waals surface area contributed by atoms with Gasteiger partial charge in [-0.15, -0.1) is 12.4 Å². The Morgan fingerprint density at radius 1 is 1.57 bits per heavy atom. The highest BCUT2D eigenvalue weighted by Gasteiger charge is 1.25. The van der Waals surface area contributed by atoms with Crippen LogP contribution in [-0.4, -0.2) is 20.1 Å². The van der Waals surface area contributed by atoms with Crippen molar-refractivity contribution in [1.29, 1.82) is 5.41 Å². The van der Waals surface area contributed by atoms with Gasteiger partial charge in [0.2, 0.25) is 0 Å². The normalized spacial score (nSPS) is 3.71. The second-order valence-electron chi connectivity index (χ2n) is 0.585. The Bertz CT molecular complexity index is 41.0. The van der Waals surface area contributed by atoms with Crippen molar-refractivity contribution in [3.8, 4) is 0 Å². The van der Waals surface area contributed by atoms with E-state index in [9.17, 15) is 0 Å². The van der Waals surface area contributed by atoms with E-state index in [1.165, 1.54) is 0 Å². The van der Waals surface area contributed by atoms with Gasteiger partial charge in [-0.2, -0.15) is 0 Å². The van der Waals surface area contributed by atoms with Crippen molar-refractivity contribution < 1.29 is 4.74 Å². The van der Waals surface area contributed by atoms with Crippen LogP contribution in [0.1, 0.15) is 0 Å². The second-order valence-corrected chi connectivity index (χ2v) is 0.585. The highest BCUT2D eigenvalue weighted by atomic mass is 35.5. The number of halogens is 1. The molecule has 0 amide bonds. The molecule has 7 heavy (non-hydrogen) atoms. The molecule has 0 saturated carbocycles. The Kier molecular flexibility index (Phi) is 99.0. The van der Waals surface area contributed by atoms with Crippen molar-refractivity contribution in [2.75, 3.05) is 14.2 Å². The van der Waals surface area contributed by atoms with E-state index in [1.807, 2.05) is 0 Å². The zero-order valence-corrected chi connectivity index (χ0v) is 5.34. The van der Waals surface area contributed by atoms with E-state index in [2.05, 4.69) is 11.3 Å². The van der Waals surface area contributed by atoms with Crippen molar-refractivity contribution in [3.05, 3.63) is 6.58 Å². The van der Waals surface area contributed by atoms with E-state index in [4.69, 9.17) is 5.41 Å². The molecule has 0 aliphatic carbocycles. The van der Waals surface area contributed by atoms with Crippen LogP contribution >= 0.6 is 12.4 Å². The Morgan fingerprint density at radius 2 is 1.57 bits per heavy atom. The highest BCUT2D eigenvalue weighted by Crippen LogP contribution is 1.28. The van der Waals surface area contributed by atoms with E-state index in [-0.39, 0.29) is 12.4 Å². The van der Waals surface area contributed by atoms with Gasteiger partial charge in [-0.25, -0.2) is 0 Å². The van der Waals surface area contributed by atoms with Crippen molar-refractivity contribution in [2.45, 2.75) is 0 Å². The number of methoxy groups -OCH3 is 1. The summed E-state index contributed by atoms with van der Waals surface area (Å²) in [5, 5.41) is 5.85. The van der Waals surface area contributed by atoms with Gasteiger partial charge < -0.3 is 4.74 Å². The van der Waals surface area contributed by atoms with Crippen LogP contribution in [-0.2, 0) is 4.74 Å². The Balaban J connectivity index is -0.0000000400. The molecule has 0 aromatic heterocycles. The summed E-state index contributed by atoms with van der Waals surface area (Å²) in [6.07, 6.45) is 0. The van der Waals surface area contributed by atoms with Crippen LogP contribution in [0.5, 0.6) is 0 Å². The van der Waals surface area contributed by atoms with Crippen LogP contribution < -0.4 is 0 Å². The van der Waals surface area contributed by atoms with Gasteiger partial charge in [0.25, 0.3) is 0 Å². The molecular formula is C4H10ClNO. The summed E-state index contributed by atoms with van der Waals surface area (Å²) in [6.45, 7) is 2.90. The van der Waals surface area contributed by atoms with Crippen LogP contribution in [0.15, 0.2) is 6.58 Å². The predicted molar refractivity (Wildman–Crippen MR) is 33.5 cm³/mol. The van der Waals surface area contributed by atoms with Crippen LogP contribution in [0.3, 0.4) is 0 Å². The molecule has 44 valence electrons. The molecule has 0 radical (unpaired) electrons. The molecule has 3 heteroatoms. The van der Waals surface area contributed by atoms with Gasteiger partial charge in [-0.1, -0.05) is 0 Å². The molecule has 0 spiro atoms. The monoisotopic (exact) mass is 123 g/mol. The topological polar surface area (TPSA) is 33.1 Å².